The largest absolute Gasteiger partial charge is 0.352 e. The summed E-state index contributed by atoms with van der Waals surface area (Å²) in [6, 6.07) is 2.96. The molecule has 0 saturated heterocycles. The standard InChI is InChI=1S/C12H16FN3O3/c13-11-8-9(16(18)19)4-5-10(11)12(17)15-7-3-1-2-6-14/h4-5,8H,1-3,6-7,14H2,(H,15,17). The summed E-state index contributed by atoms with van der Waals surface area (Å²) in [6.45, 7) is 1.03. The van der Waals surface area contributed by atoms with Crippen molar-refractivity contribution in [1.82, 2.24) is 5.32 Å². The van der Waals surface area contributed by atoms with Gasteiger partial charge in [0.25, 0.3) is 11.6 Å². The van der Waals surface area contributed by atoms with E-state index in [9.17, 15) is 19.3 Å². The highest BCUT2D eigenvalue weighted by molar-refractivity contribution is 5.94. The first-order valence-electron chi connectivity index (χ1n) is 5.98. The fourth-order valence-corrected chi connectivity index (χ4v) is 1.54. The number of hydrogen-bond donors (Lipinski definition) is 2. The van der Waals surface area contributed by atoms with Crippen LogP contribution in [0.15, 0.2) is 18.2 Å². The molecular formula is C12H16FN3O3. The third-order valence-corrected chi connectivity index (χ3v) is 2.57. The van der Waals surface area contributed by atoms with Crippen LogP contribution in [0.2, 0.25) is 0 Å². The molecule has 19 heavy (non-hydrogen) atoms. The maximum Gasteiger partial charge on any atom is 0.272 e. The Morgan fingerprint density at radius 3 is 2.68 bits per heavy atom. The van der Waals surface area contributed by atoms with Gasteiger partial charge in [0.15, 0.2) is 0 Å². The number of amides is 1. The van der Waals surface area contributed by atoms with Gasteiger partial charge in [0.1, 0.15) is 5.82 Å². The third kappa shape index (κ3) is 4.63. The molecule has 1 aromatic rings. The SMILES string of the molecule is NCCCCCNC(=O)c1ccc([N+](=O)[O-])cc1F. The van der Waals surface area contributed by atoms with Gasteiger partial charge in [-0.2, -0.15) is 0 Å². The zero-order valence-electron chi connectivity index (χ0n) is 10.4. The maximum absolute atomic E-state index is 13.5. The number of halogens is 1. The fourth-order valence-electron chi connectivity index (χ4n) is 1.54. The van der Waals surface area contributed by atoms with Crippen molar-refractivity contribution in [3.05, 3.63) is 39.7 Å². The van der Waals surface area contributed by atoms with Crippen LogP contribution >= 0.6 is 0 Å². The van der Waals surface area contributed by atoms with Gasteiger partial charge in [0.05, 0.1) is 16.6 Å². The highest BCUT2D eigenvalue weighted by Gasteiger charge is 2.15. The Bertz CT molecular complexity index is 466. The number of benzene rings is 1. The van der Waals surface area contributed by atoms with Crippen LogP contribution in [0, 0.1) is 15.9 Å². The first-order valence-corrected chi connectivity index (χ1v) is 5.98. The van der Waals surface area contributed by atoms with E-state index in [1.165, 1.54) is 0 Å². The number of nitro groups is 1. The molecule has 1 aromatic carbocycles. The smallest absolute Gasteiger partial charge is 0.272 e. The predicted octanol–water partition coefficient (Wildman–Crippen LogP) is 1.59. The molecule has 0 saturated carbocycles. The number of carbonyl (C=O) groups is 1. The minimum Gasteiger partial charge on any atom is -0.352 e. The van der Waals surface area contributed by atoms with Gasteiger partial charge in [-0.05, 0) is 25.5 Å². The van der Waals surface area contributed by atoms with Crippen molar-refractivity contribution in [2.75, 3.05) is 13.1 Å². The van der Waals surface area contributed by atoms with Crippen LogP contribution in [-0.4, -0.2) is 23.9 Å². The number of hydrogen-bond acceptors (Lipinski definition) is 4. The van der Waals surface area contributed by atoms with E-state index in [1.54, 1.807) is 0 Å². The molecular weight excluding hydrogens is 253 g/mol. The minimum atomic E-state index is -0.895. The van der Waals surface area contributed by atoms with Gasteiger partial charge < -0.3 is 11.1 Å². The lowest BCUT2D eigenvalue weighted by Gasteiger charge is -2.05. The lowest BCUT2D eigenvalue weighted by molar-refractivity contribution is -0.385. The molecule has 0 aromatic heterocycles. The van der Waals surface area contributed by atoms with Crippen molar-refractivity contribution < 1.29 is 14.1 Å². The van der Waals surface area contributed by atoms with E-state index in [4.69, 9.17) is 5.73 Å². The van der Waals surface area contributed by atoms with Crippen molar-refractivity contribution >= 4 is 11.6 Å². The minimum absolute atomic E-state index is 0.190. The van der Waals surface area contributed by atoms with Crippen LogP contribution in [0.5, 0.6) is 0 Å². The molecule has 0 bridgehead atoms. The van der Waals surface area contributed by atoms with Crippen molar-refractivity contribution in [2.45, 2.75) is 19.3 Å². The summed E-state index contributed by atoms with van der Waals surface area (Å²) in [4.78, 5) is 21.4. The number of nitrogens with two attached hydrogens (primary N) is 1. The highest BCUT2D eigenvalue weighted by Crippen LogP contribution is 2.16. The van der Waals surface area contributed by atoms with E-state index in [-0.39, 0.29) is 11.3 Å². The van der Waals surface area contributed by atoms with E-state index in [0.29, 0.717) is 13.1 Å². The molecule has 0 heterocycles. The van der Waals surface area contributed by atoms with Gasteiger partial charge in [0, 0.05) is 12.6 Å². The Labute approximate surface area is 109 Å². The predicted molar refractivity (Wildman–Crippen MR) is 68.3 cm³/mol. The summed E-state index contributed by atoms with van der Waals surface area (Å²) in [7, 11) is 0. The van der Waals surface area contributed by atoms with Gasteiger partial charge >= 0.3 is 0 Å². The zero-order chi connectivity index (χ0) is 14.3. The van der Waals surface area contributed by atoms with Crippen LogP contribution in [0.4, 0.5) is 10.1 Å². The normalized spacial score (nSPS) is 10.2. The summed E-state index contributed by atoms with van der Waals surface area (Å²) in [6.07, 6.45) is 2.53. The summed E-state index contributed by atoms with van der Waals surface area (Å²) < 4.78 is 13.5. The molecule has 7 heteroatoms. The molecule has 0 radical (unpaired) electrons. The van der Waals surface area contributed by atoms with Crippen LogP contribution in [0.3, 0.4) is 0 Å². The van der Waals surface area contributed by atoms with Crippen molar-refractivity contribution in [2.24, 2.45) is 5.73 Å². The Kier molecular flexibility index (Phi) is 5.87. The number of nitrogens with zero attached hydrogens (tertiary/aromatic N) is 1. The van der Waals surface area contributed by atoms with Crippen LogP contribution in [0.25, 0.3) is 0 Å². The summed E-state index contributed by atoms with van der Waals surface area (Å²) in [5.41, 5.74) is 4.76. The quantitative estimate of drug-likeness (QED) is 0.446. The van der Waals surface area contributed by atoms with Crippen LogP contribution < -0.4 is 11.1 Å². The molecule has 0 aliphatic carbocycles. The topological polar surface area (TPSA) is 98.3 Å². The molecule has 6 nitrogen and oxygen atoms in total. The molecule has 104 valence electrons. The van der Waals surface area contributed by atoms with Gasteiger partial charge in [-0.25, -0.2) is 4.39 Å². The molecule has 1 rings (SSSR count). The number of nitro benzene ring substituents is 1. The average molecular weight is 269 g/mol. The summed E-state index contributed by atoms with van der Waals surface area (Å²) in [5.74, 6) is -1.46. The molecule has 0 spiro atoms. The molecule has 0 aliphatic rings. The molecule has 1 amide bonds. The Morgan fingerprint density at radius 1 is 1.37 bits per heavy atom. The third-order valence-electron chi connectivity index (χ3n) is 2.57. The summed E-state index contributed by atoms with van der Waals surface area (Å²) >= 11 is 0. The van der Waals surface area contributed by atoms with Crippen LogP contribution in [-0.2, 0) is 0 Å². The second-order valence-corrected chi connectivity index (χ2v) is 4.03. The zero-order valence-corrected chi connectivity index (χ0v) is 10.4. The maximum atomic E-state index is 13.5. The van der Waals surface area contributed by atoms with Gasteiger partial charge in [-0.3, -0.25) is 14.9 Å². The van der Waals surface area contributed by atoms with E-state index in [1.807, 2.05) is 0 Å². The first-order chi connectivity index (χ1) is 9.06. The van der Waals surface area contributed by atoms with E-state index < -0.39 is 16.6 Å². The molecule has 0 aliphatic heterocycles. The monoisotopic (exact) mass is 269 g/mol. The number of non-ortho nitro benzene ring substituents is 1. The van der Waals surface area contributed by atoms with Crippen molar-refractivity contribution in [1.29, 1.82) is 0 Å². The van der Waals surface area contributed by atoms with Gasteiger partial charge in [0.2, 0.25) is 0 Å². The second-order valence-electron chi connectivity index (χ2n) is 4.03. The van der Waals surface area contributed by atoms with Crippen molar-refractivity contribution in [3.63, 3.8) is 0 Å². The molecule has 0 unspecified atom stereocenters. The lowest BCUT2D eigenvalue weighted by atomic mass is 10.1. The lowest BCUT2D eigenvalue weighted by Crippen LogP contribution is -2.25. The highest BCUT2D eigenvalue weighted by atomic mass is 19.1. The molecule has 3 N–H and O–H groups in total. The Morgan fingerprint density at radius 2 is 2.11 bits per heavy atom. The van der Waals surface area contributed by atoms with Gasteiger partial charge in [-0.15, -0.1) is 0 Å². The second kappa shape index (κ2) is 7.42. The Balaban J connectivity index is 2.55. The Hall–Kier alpha value is -2.02. The van der Waals surface area contributed by atoms with E-state index in [2.05, 4.69) is 5.32 Å². The fraction of sp³-hybridized carbons (Fsp3) is 0.417. The number of rotatable bonds is 7. The first kappa shape index (κ1) is 15.0. The van der Waals surface area contributed by atoms with Gasteiger partial charge in [-0.1, -0.05) is 6.42 Å². The molecule has 0 atom stereocenters. The molecule has 0 fully saturated rings. The average Bonchev–Trinajstić information content (AvgIpc) is 2.38. The van der Waals surface area contributed by atoms with Crippen molar-refractivity contribution in [3.8, 4) is 0 Å². The van der Waals surface area contributed by atoms with E-state index in [0.717, 1.165) is 37.5 Å². The number of nitrogens with one attached hydrogen (secondary N) is 1. The van der Waals surface area contributed by atoms with Crippen LogP contribution in [0.1, 0.15) is 29.6 Å². The summed E-state index contributed by atoms with van der Waals surface area (Å²) in [5, 5.41) is 13.0. The van der Waals surface area contributed by atoms with E-state index >= 15 is 0 Å². The number of unbranched alkanes of at least 4 members (excludes halogenated alkanes) is 2. The number of carbonyl (C=O) groups excluding carboxylic acids is 1.